The molecule has 0 radical (unpaired) electrons. The van der Waals surface area contributed by atoms with Crippen molar-refractivity contribution in [2.45, 2.75) is 25.2 Å². The van der Waals surface area contributed by atoms with Gasteiger partial charge in [0, 0.05) is 31.1 Å². The van der Waals surface area contributed by atoms with E-state index in [4.69, 9.17) is 0 Å². The lowest BCUT2D eigenvalue weighted by Crippen LogP contribution is -2.04. The van der Waals surface area contributed by atoms with E-state index < -0.39 is 0 Å². The molecule has 0 unspecified atom stereocenters. The predicted octanol–water partition coefficient (Wildman–Crippen LogP) is 3.13. The van der Waals surface area contributed by atoms with Crippen LogP contribution >= 0.6 is 0 Å². The molecule has 1 aromatic carbocycles. The zero-order chi connectivity index (χ0) is 13.2. The number of nitrogens with one attached hydrogen (secondary N) is 1. The number of benzene rings is 1. The van der Waals surface area contributed by atoms with Gasteiger partial charge >= 0.3 is 0 Å². The summed E-state index contributed by atoms with van der Waals surface area (Å²) in [6.07, 6.45) is 2.98. The van der Waals surface area contributed by atoms with Crippen molar-refractivity contribution in [2.75, 3.05) is 12.4 Å². The van der Waals surface area contributed by atoms with Crippen molar-refractivity contribution in [1.29, 1.82) is 0 Å². The summed E-state index contributed by atoms with van der Waals surface area (Å²) in [4.78, 5) is 9.04. The van der Waals surface area contributed by atoms with Crippen molar-refractivity contribution < 1.29 is 4.39 Å². The van der Waals surface area contributed by atoms with E-state index in [-0.39, 0.29) is 5.82 Å². The fraction of sp³-hybridized carbons (Fsp3) is 0.333. The predicted molar refractivity (Wildman–Crippen MR) is 72.8 cm³/mol. The number of hydrogen-bond acceptors (Lipinski definition) is 3. The first kappa shape index (κ1) is 12.1. The van der Waals surface area contributed by atoms with Crippen LogP contribution in [0.2, 0.25) is 0 Å². The van der Waals surface area contributed by atoms with Crippen LogP contribution < -0.4 is 5.32 Å². The van der Waals surface area contributed by atoms with E-state index in [0.717, 1.165) is 22.9 Å². The van der Waals surface area contributed by atoms with Gasteiger partial charge in [-0.25, -0.2) is 14.4 Å². The summed E-state index contributed by atoms with van der Waals surface area (Å²) in [5.74, 6) is 1.95. The Morgan fingerprint density at radius 1 is 1.26 bits per heavy atom. The molecule has 98 valence electrons. The number of aromatic nitrogens is 2. The standard InChI is InChI=1S/C15H16FN3/c1-17-14-9-13(11-5-6-11)18-15(19-14)8-10-3-2-4-12(16)7-10/h2-4,7,9,11H,5-6,8H2,1H3,(H,17,18,19). The Bertz CT molecular complexity index is 594. The maximum absolute atomic E-state index is 13.2. The van der Waals surface area contributed by atoms with Gasteiger partial charge in [-0.15, -0.1) is 0 Å². The van der Waals surface area contributed by atoms with Crippen LogP contribution in [0.25, 0.3) is 0 Å². The summed E-state index contributed by atoms with van der Waals surface area (Å²) >= 11 is 0. The third-order valence-corrected chi connectivity index (χ3v) is 3.30. The van der Waals surface area contributed by atoms with E-state index in [1.165, 1.54) is 25.0 Å². The Kier molecular flexibility index (Phi) is 3.15. The zero-order valence-corrected chi connectivity index (χ0v) is 10.9. The van der Waals surface area contributed by atoms with Gasteiger partial charge in [-0.1, -0.05) is 12.1 Å². The molecule has 3 nitrogen and oxygen atoms in total. The highest BCUT2D eigenvalue weighted by Crippen LogP contribution is 2.39. The maximum Gasteiger partial charge on any atom is 0.135 e. The van der Waals surface area contributed by atoms with E-state index in [9.17, 15) is 4.39 Å². The first-order valence-electron chi connectivity index (χ1n) is 6.54. The van der Waals surface area contributed by atoms with E-state index in [2.05, 4.69) is 15.3 Å². The molecule has 1 N–H and O–H groups in total. The lowest BCUT2D eigenvalue weighted by atomic mass is 10.1. The summed E-state index contributed by atoms with van der Waals surface area (Å²) in [6, 6.07) is 8.60. The van der Waals surface area contributed by atoms with Gasteiger partial charge in [0.15, 0.2) is 0 Å². The minimum atomic E-state index is -0.218. The summed E-state index contributed by atoms with van der Waals surface area (Å²) in [6.45, 7) is 0. The summed E-state index contributed by atoms with van der Waals surface area (Å²) in [5, 5.41) is 3.06. The molecular weight excluding hydrogens is 241 g/mol. The molecular formula is C15H16FN3. The van der Waals surface area contributed by atoms with E-state index in [1.807, 2.05) is 19.2 Å². The van der Waals surface area contributed by atoms with Crippen molar-refractivity contribution in [1.82, 2.24) is 9.97 Å². The third kappa shape index (κ3) is 2.89. The number of hydrogen-bond donors (Lipinski definition) is 1. The number of halogens is 1. The Morgan fingerprint density at radius 3 is 2.79 bits per heavy atom. The van der Waals surface area contributed by atoms with Gasteiger partial charge in [0.2, 0.25) is 0 Å². The summed E-state index contributed by atoms with van der Waals surface area (Å²) in [7, 11) is 1.85. The molecule has 0 amide bonds. The highest BCUT2D eigenvalue weighted by molar-refractivity contribution is 5.38. The van der Waals surface area contributed by atoms with E-state index in [1.54, 1.807) is 6.07 Å². The van der Waals surface area contributed by atoms with Crippen LogP contribution in [0.1, 0.15) is 35.8 Å². The van der Waals surface area contributed by atoms with Gasteiger partial charge in [0.1, 0.15) is 17.5 Å². The van der Waals surface area contributed by atoms with Crippen molar-refractivity contribution in [3.63, 3.8) is 0 Å². The van der Waals surface area contributed by atoms with Gasteiger partial charge in [-0.2, -0.15) is 0 Å². The quantitative estimate of drug-likeness (QED) is 0.914. The second-order valence-electron chi connectivity index (χ2n) is 4.93. The summed E-state index contributed by atoms with van der Waals surface area (Å²) < 4.78 is 13.2. The number of nitrogens with zero attached hydrogens (tertiary/aromatic N) is 2. The molecule has 1 saturated carbocycles. The van der Waals surface area contributed by atoms with Gasteiger partial charge in [0.25, 0.3) is 0 Å². The van der Waals surface area contributed by atoms with Gasteiger partial charge in [0.05, 0.1) is 0 Å². The lowest BCUT2D eigenvalue weighted by Gasteiger charge is -2.07. The second-order valence-corrected chi connectivity index (χ2v) is 4.93. The van der Waals surface area contributed by atoms with Gasteiger partial charge in [-0.3, -0.25) is 0 Å². The fourth-order valence-electron chi connectivity index (χ4n) is 2.14. The minimum Gasteiger partial charge on any atom is -0.373 e. The average Bonchev–Trinajstić information content (AvgIpc) is 3.22. The molecule has 2 aromatic rings. The molecule has 0 saturated heterocycles. The first-order valence-corrected chi connectivity index (χ1v) is 6.54. The van der Waals surface area contributed by atoms with Crippen LogP contribution in [0, 0.1) is 5.82 Å². The van der Waals surface area contributed by atoms with Crippen LogP contribution in [0.15, 0.2) is 30.3 Å². The minimum absolute atomic E-state index is 0.218. The molecule has 0 aliphatic heterocycles. The Labute approximate surface area is 111 Å². The van der Waals surface area contributed by atoms with Crippen molar-refractivity contribution in [2.24, 2.45) is 0 Å². The molecule has 1 aromatic heterocycles. The molecule has 1 aliphatic carbocycles. The van der Waals surface area contributed by atoms with Gasteiger partial charge in [-0.05, 0) is 30.5 Å². The van der Waals surface area contributed by atoms with Crippen LogP contribution in [-0.4, -0.2) is 17.0 Å². The zero-order valence-electron chi connectivity index (χ0n) is 10.9. The Morgan fingerprint density at radius 2 is 2.11 bits per heavy atom. The maximum atomic E-state index is 13.2. The van der Waals surface area contributed by atoms with Crippen LogP contribution in [0.3, 0.4) is 0 Å². The molecule has 1 heterocycles. The van der Waals surface area contributed by atoms with E-state index in [0.29, 0.717) is 12.3 Å². The molecule has 19 heavy (non-hydrogen) atoms. The van der Waals surface area contributed by atoms with Gasteiger partial charge < -0.3 is 5.32 Å². The molecule has 0 bridgehead atoms. The lowest BCUT2D eigenvalue weighted by molar-refractivity contribution is 0.625. The van der Waals surface area contributed by atoms with Crippen molar-refractivity contribution in [3.05, 3.63) is 53.2 Å². The molecule has 3 rings (SSSR count). The third-order valence-electron chi connectivity index (χ3n) is 3.30. The monoisotopic (exact) mass is 257 g/mol. The molecule has 0 spiro atoms. The van der Waals surface area contributed by atoms with Crippen LogP contribution in [-0.2, 0) is 6.42 Å². The average molecular weight is 257 g/mol. The Balaban J connectivity index is 1.89. The highest BCUT2D eigenvalue weighted by atomic mass is 19.1. The Hall–Kier alpha value is -1.97. The number of rotatable bonds is 4. The number of anilines is 1. The van der Waals surface area contributed by atoms with Crippen LogP contribution in [0.5, 0.6) is 0 Å². The van der Waals surface area contributed by atoms with Crippen LogP contribution in [0.4, 0.5) is 10.2 Å². The topological polar surface area (TPSA) is 37.8 Å². The smallest absolute Gasteiger partial charge is 0.135 e. The summed E-state index contributed by atoms with van der Waals surface area (Å²) in [5.41, 5.74) is 2.00. The van der Waals surface area contributed by atoms with Crippen molar-refractivity contribution in [3.8, 4) is 0 Å². The molecule has 0 atom stereocenters. The van der Waals surface area contributed by atoms with E-state index >= 15 is 0 Å². The highest BCUT2D eigenvalue weighted by Gasteiger charge is 2.26. The SMILES string of the molecule is CNc1cc(C2CC2)nc(Cc2cccc(F)c2)n1. The fourth-order valence-corrected chi connectivity index (χ4v) is 2.14. The first-order chi connectivity index (χ1) is 9.24. The van der Waals surface area contributed by atoms with Crippen molar-refractivity contribution >= 4 is 5.82 Å². The normalized spacial score (nSPS) is 14.4. The largest absolute Gasteiger partial charge is 0.373 e. The molecule has 4 heteroatoms. The molecule has 1 aliphatic rings. The molecule has 1 fully saturated rings. The second kappa shape index (κ2) is 4.96.